The number of carbonyl (C=O) groups excluding carboxylic acids is 3. The maximum absolute atomic E-state index is 14.4. The fourth-order valence-corrected chi connectivity index (χ4v) is 4.91. The molecule has 42 heavy (non-hydrogen) atoms. The van der Waals surface area contributed by atoms with Gasteiger partial charge in [-0.25, -0.2) is 4.79 Å². The van der Waals surface area contributed by atoms with Crippen molar-refractivity contribution in [2.45, 2.75) is 118 Å². The van der Waals surface area contributed by atoms with Gasteiger partial charge in [0.15, 0.2) is 0 Å². The lowest BCUT2D eigenvalue weighted by Gasteiger charge is -2.35. The second-order valence-electron chi connectivity index (χ2n) is 12.7. The standard InChI is InChI=1S/C35H53N3O4/c1-9-10-11-12-13-16-23-38(33(40)30(24-25(2)3)37-34(41)42-35(6,7)8)31(28-21-19-26(4)20-22-28)32(39)36-29-18-15-14-17-27(29)5/h14-15,17-22,25,30-31H,9-13,16,23-24H2,1-8H3,(H,36,39)(H,37,41). The number of aryl methyl sites for hydroxylation is 2. The molecule has 2 rings (SSSR count). The third-order valence-corrected chi connectivity index (χ3v) is 7.09. The molecule has 3 amide bonds. The zero-order valence-electron chi connectivity index (χ0n) is 27.1. The van der Waals surface area contributed by atoms with Crippen molar-refractivity contribution in [3.63, 3.8) is 0 Å². The molecule has 0 aliphatic rings. The Morgan fingerprint density at radius 1 is 0.881 bits per heavy atom. The number of carbonyl (C=O) groups is 3. The van der Waals surface area contributed by atoms with Crippen LogP contribution in [0.2, 0.25) is 0 Å². The van der Waals surface area contributed by atoms with Gasteiger partial charge in [-0.15, -0.1) is 0 Å². The highest BCUT2D eigenvalue weighted by Gasteiger charge is 2.36. The topological polar surface area (TPSA) is 87.7 Å². The molecule has 0 aliphatic heterocycles. The van der Waals surface area contributed by atoms with Crippen LogP contribution in [-0.2, 0) is 14.3 Å². The molecule has 2 atom stereocenters. The fourth-order valence-electron chi connectivity index (χ4n) is 4.91. The Labute approximate surface area is 253 Å². The number of ether oxygens (including phenoxy) is 1. The normalized spacial score (nSPS) is 12.9. The fraction of sp³-hybridized carbons (Fsp3) is 0.571. The van der Waals surface area contributed by atoms with Crippen molar-refractivity contribution in [3.8, 4) is 0 Å². The van der Waals surface area contributed by atoms with E-state index >= 15 is 0 Å². The van der Waals surface area contributed by atoms with Crippen LogP contribution in [0.4, 0.5) is 10.5 Å². The summed E-state index contributed by atoms with van der Waals surface area (Å²) in [6.07, 6.45) is 6.06. The molecule has 0 saturated heterocycles. The number of unbranched alkanes of at least 4 members (excludes halogenated alkanes) is 5. The third-order valence-electron chi connectivity index (χ3n) is 7.09. The molecule has 0 bridgehead atoms. The highest BCUT2D eigenvalue weighted by atomic mass is 16.6. The molecule has 2 aromatic carbocycles. The van der Waals surface area contributed by atoms with Gasteiger partial charge in [0.05, 0.1) is 0 Å². The Morgan fingerprint density at radius 3 is 2.10 bits per heavy atom. The van der Waals surface area contributed by atoms with Crippen molar-refractivity contribution in [3.05, 3.63) is 65.2 Å². The molecule has 0 spiro atoms. The first-order chi connectivity index (χ1) is 19.8. The average molecular weight is 580 g/mol. The molecule has 7 nitrogen and oxygen atoms in total. The van der Waals surface area contributed by atoms with Gasteiger partial charge in [-0.1, -0.05) is 101 Å². The number of hydrogen-bond donors (Lipinski definition) is 2. The van der Waals surface area contributed by atoms with E-state index in [1.54, 1.807) is 25.7 Å². The highest BCUT2D eigenvalue weighted by molar-refractivity contribution is 5.99. The van der Waals surface area contributed by atoms with Gasteiger partial charge in [-0.3, -0.25) is 9.59 Å². The summed E-state index contributed by atoms with van der Waals surface area (Å²) in [5, 5.41) is 5.92. The van der Waals surface area contributed by atoms with Crippen LogP contribution < -0.4 is 10.6 Å². The number of benzene rings is 2. The van der Waals surface area contributed by atoms with E-state index in [-0.39, 0.29) is 17.7 Å². The van der Waals surface area contributed by atoms with E-state index in [0.717, 1.165) is 48.8 Å². The molecule has 0 aromatic heterocycles. The minimum absolute atomic E-state index is 0.128. The Morgan fingerprint density at radius 2 is 1.50 bits per heavy atom. The SMILES string of the molecule is CCCCCCCCN(C(=O)C(CC(C)C)NC(=O)OC(C)(C)C)C(C(=O)Nc1ccccc1C)c1ccc(C)cc1. The molecule has 2 N–H and O–H groups in total. The van der Waals surface area contributed by atoms with Gasteiger partial charge < -0.3 is 20.3 Å². The van der Waals surface area contributed by atoms with Crippen molar-refractivity contribution < 1.29 is 19.1 Å². The van der Waals surface area contributed by atoms with Crippen molar-refractivity contribution in [1.82, 2.24) is 10.2 Å². The number of nitrogens with zero attached hydrogens (tertiary/aromatic N) is 1. The average Bonchev–Trinajstić information content (AvgIpc) is 2.90. The van der Waals surface area contributed by atoms with Gasteiger partial charge in [-0.2, -0.15) is 0 Å². The largest absolute Gasteiger partial charge is 0.444 e. The summed E-state index contributed by atoms with van der Waals surface area (Å²) >= 11 is 0. The van der Waals surface area contributed by atoms with Crippen molar-refractivity contribution in [1.29, 1.82) is 0 Å². The summed E-state index contributed by atoms with van der Waals surface area (Å²) < 4.78 is 5.51. The minimum atomic E-state index is -0.872. The second-order valence-corrected chi connectivity index (χ2v) is 12.7. The maximum Gasteiger partial charge on any atom is 0.408 e. The molecular formula is C35H53N3O4. The number of amides is 3. The first-order valence-electron chi connectivity index (χ1n) is 15.6. The van der Waals surface area contributed by atoms with E-state index in [2.05, 4.69) is 17.6 Å². The van der Waals surface area contributed by atoms with Gasteiger partial charge in [0, 0.05) is 12.2 Å². The van der Waals surface area contributed by atoms with Crippen molar-refractivity contribution in [2.75, 3.05) is 11.9 Å². The molecular weight excluding hydrogens is 526 g/mol. The quantitative estimate of drug-likeness (QED) is 0.209. The predicted octanol–water partition coefficient (Wildman–Crippen LogP) is 8.11. The number of hydrogen-bond acceptors (Lipinski definition) is 4. The summed E-state index contributed by atoms with van der Waals surface area (Å²) in [7, 11) is 0. The van der Waals surface area contributed by atoms with Crippen molar-refractivity contribution in [2.24, 2.45) is 5.92 Å². The van der Waals surface area contributed by atoms with Crippen LogP contribution in [-0.4, -0.2) is 41.0 Å². The first kappa shape index (κ1) is 34.8. The summed E-state index contributed by atoms with van der Waals surface area (Å²) in [5.41, 5.74) is 2.73. The maximum atomic E-state index is 14.4. The van der Waals surface area contributed by atoms with E-state index in [9.17, 15) is 14.4 Å². The molecule has 2 unspecified atom stereocenters. The van der Waals surface area contributed by atoms with Crippen LogP contribution in [0, 0.1) is 19.8 Å². The van der Waals surface area contributed by atoms with E-state index < -0.39 is 23.8 Å². The molecule has 232 valence electrons. The van der Waals surface area contributed by atoms with Gasteiger partial charge >= 0.3 is 6.09 Å². The Balaban J connectivity index is 2.51. The highest BCUT2D eigenvalue weighted by Crippen LogP contribution is 2.27. The molecule has 0 fully saturated rings. The number of alkyl carbamates (subject to hydrolysis) is 1. The van der Waals surface area contributed by atoms with E-state index in [1.807, 2.05) is 76.2 Å². The van der Waals surface area contributed by atoms with Crippen LogP contribution in [0.15, 0.2) is 48.5 Å². The summed E-state index contributed by atoms with van der Waals surface area (Å²) in [6.45, 7) is 15.9. The molecule has 0 aliphatic carbocycles. The van der Waals surface area contributed by atoms with Crippen LogP contribution in [0.5, 0.6) is 0 Å². The van der Waals surface area contributed by atoms with Crippen LogP contribution >= 0.6 is 0 Å². The number of anilines is 1. The Hall–Kier alpha value is -3.35. The summed E-state index contributed by atoms with van der Waals surface area (Å²) in [6, 6.07) is 13.7. The lowest BCUT2D eigenvalue weighted by molar-refractivity contribution is -0.141. The zero-order chi connectivity index (χ0) is 31.3. The van der Waals surface area contributed by atoms with E-state index in [4.69, 9.17) is 4.74 Å². The zero-order valence-corrected chi connectivity index (χ0v) is 27.1. The number of para-hydroxylation sites is 1. The van der Waals surface area contributed by atoms with Gasteiger partial charge in [0.25, 0.3) is 5.91 Å². The number of nitrogens with one attached hydrogen (secondary N) is 2. The summed E-state index contributed by atoms with van der Waals surface area (Å²) in [5.74, 6) is -0.440. The van der Waals surface area contributed by atoms with Gasteiger partial charge in [-0.05, 0) is 70.6 Å². The van der Waals surface area contributed by atoms with Crippen molar-refractivity contribution >= 4 is 23.6 Å². The molecule has 0 radical (unpaired) electrons. The Bertz CT molecular complexity index is 1140. The van der Waals surface area contributed by atoms with Gasteiger partial charge in [0.1, 0.15) is 17.7 Å². The van der Waals surface area contributed by atoms with E-state index in [0.29, 0.717) is 18.7 Å². The summed E-state index contributed by atoms with van der Waals surface area (Å²) in [4.78, 5) is 43.0. The van der Waals surface area contributed by atoms with Crippen LogP contribution in [0.1, 0.15) is 109 Å². The van der Waals surface area contributed by atoms with Crippen LogP contribution in [0.3, 0.4) is 0 Å². The molecule has 2 aromatic rings. The predicted molar refractivity (Wildman–Crippen MR) is 171 cm³/mol. The molecule has 0 saturated carbocycles. The van der Waals surface area contributed by atoms with Gasteiger partial charge in [0.2, 0.25) is 5.91 Å². The monoisotopic (exact) mass is 579 g/mol. The van der Waals surface area contributed by atoms with E-state index in [1.165, 1.54) is 6.42 Å². The Kier molecular flexibility index (Phi) is 14.1. The minimum Gasteiger partial charge on any atom is -0.444 e. The molecule has 7 heteroatoms. The molecule has 0 heterocycles. The van der Waals surface area contributed by atoms with Crippen LogP contribution in [0.25, 0.3) is 0 Å². The number of rotatable bonds is 15. The first-order valence-corrected chi connectivity index (χ1v) is 15.6. The third kappa shape index (κ3) is 11.9. The smallest absolute Gasteiger partial charge is 0.408 e. The lowest BCUT2D eigenvalue weighted by atomic mass is 9.98. The lowest BCUT2D eigenvalue weighted by Crippen LogP contribution is -2.53. The second kappa shape index (κ2) is 16.9.